The van der Waals surface area contributed by atoms with Gasteiger partial charge in [0.05, 0.1) is 5.41 Å². The molecule has 5 nitrogen and oxygen atoms in total. The zero-order valence-corrected chi connectivity index (χ0v) is 12.0. The smallest absolute Gasteiger partial charge is 0.312 e. The molecule has 102 valence electrons. The number of nitrogens with zero attached hydrogens (tertiary/aromatic N) is 1. The maximum absolute atomic E-state index is 11.7. The Morgan fingerprint density at radius 3 is 2.56 bits per heavy atom. The summed E-state index contributed by atoms with van der Waals surface area (Å²) in [6, 6.07) is -0.474. The molecule has 2 aliphatic heterocycles. The summed E-state index contributed by atoms with van der Waals surface area (Å²) in [5.74, 6) is -0.978. The molecule has 2 heterocycles. The lowest BCUT2D eigenvalue weighted by molar-refractivity contribution is -0.158. The third-order valence-electron chi connectivity index (χ3n) is 3.81. The molecule has 2 fully saturated rings. The average Bonchev–Trinajstić information content (AvgIpc) is 2.25. The summed E-state index contributed by atoms with van der Waals surface area (Å²) in [6.07, 6.45) is 0. The van der Waals surface area contributed by atoms with Gasteiger partial charge in [-0.3, -0.25) is 9.59 Å². The fraction of sp³-hybridized carbons (Fsp3) is 0.833. The highest BCUT2D eigenvalue weighted by Crippen LogP contribution is 2.52. The second-order valence-corrected chi connectivity index (χ2v) is 7.71. The zero-order valence-electron chi connectivity index (χ0n) is 11.1. The normalized spacial score (nSPS) is 40.2. The van der Waals surface area contributed by atoms with Gasteiger partial charge in [0.1, 0.15) is 11.4 Å². The van der Waals surface area contributed by atoms with Crippen LogP contribution < -0.4 is 5.73 Å². The van der Waals surface area contributed by atoms with Gasteiger partial charge >= 0.3 is 5.97 Å². The molecule has 6 heteroatoms. The van der Waals surface area contributed by atoms with Gasteiger partial charge in [-0.2, -0.15) is 0 Å². The van der Waals surface area contributed by atoms with Crippen molar-refractivity contribution in [3.05, 3.63) is 0 Å². The van der Waals surface area contributed by atoms with E-state index in [4.69, 9.17) is 5.73 Å². The molecule has 2 saturated heterocycles. The summed E-state index contributed by atoms with van der Waals surface area (Å²) < 4.78 is 0. The predicted octanol–water partition coefficient (Wildman–Crippen LogP) is 0.734. The van der Waals surface area contributed by atoms with Gasteiger partial charge in [-0.25, -0.2) is 0 Å². The lowest BCUT2D eigenvalue weighted by Gasteiger charge is -2.57. The number of carbonyl (C=O) groups is 2. The lowest BCUT2D eigenvalue weighted by atomic mass is 9.73. The van der Waals surface area contributed by atoms with Crippen molar-refractivity contribution in [2.75, 3.05) is 6.54 Å². The summed E-state index contributed by atoms with van der Waals surface area (Å²) in [5.41, 5.74) is 4.72. The Labute approximate surface area is 111 Å². The Balaban J connectivity index is 2.33. The van der Waals surface area contributed by atoms with Crippen LogP contribution in [0.15, 0.2) is 0 Å². The number of fused-ring (bicyclic) bond motifs is 1. The van der Waals surface area contributed by atoms with E-state index in [1.54, 1.807) is 11.8 Å². The second-order valence-electron chi connectivity index (χ2n) is 6.49. The standard InChI is InChI=1S/C12H20N2O3S/c1-11(2,3)9-12(4,10(16)17)5-14-7(15)6(13)8(14)18-9/h6,8-9H,5,13H2,1-4H3,(H,16,17)/t6?,8-,9?,12?/m1/s1. The highest BCUT2D eigenvalue weighted by atomic mass is 32.2. The summed E-state index contributed by atoms with van der Waals surface area (Å²) in [6.45, 7) is 8.09. The van der Waals surface area contributed by atoms with Gasteiger partial charge in [0.15, 0.2) is 0 Å². The summed E-state index contributed by atoms with van der Waals surface area (Å²) >= 11 is 1.53. The summed E-state index contributed by atoms with van der Waals surface area (Å²) in [7, 11) is 0. The van der Waals surface area contributed by atoms with Crippen LogP contribution in [0.25, 0.3) is 0 Å². The van der Waals surface area contributed by atoms with Crippen LogP contribution in [-0.2, 0) is 9.59 Å². The molecule has 0 aromatic rings. The number of nitrogens with two attached hydrogens (primary N) is 1. The molecule has 3 N–H and O–H groups in total. The van der Waals surface area contributed by atoms with Crippen LogP contribution in [0.3, 0.4) is 0 Å². The van der Waals surface area contributed by atoms with Crippen molar-refractivity contribution in [1.82, 2.24) is 4.90 Å². The van der Waals surface area contributed by atoms with Crippen LogP contribution in [0, 0.1) is 10.8 Å². The number of aliphatic carboxylic acids is 1. The Bertz CT molecular complexity index is 407. The maximum atomic E-state index is 11.7. The number of rotatable bonds is 1. The van der Waals surface area contributed by atoms with E-state index < -0.39 is 17.4 Å². The molecule has 18 heavy (non-hydrogen) atoms. The first-order valence-corrected chi connectivity index (χ1v) is 6.98. The first-order valence-electron chi connectivity index (χ1n) is 6.04. The highest BCUT2D eigenvalue weighted by molar-refractivity contribution is 8.00. The summed E-state index contributed by atoms with van der Waals surface area (Å²) in [4.78, 5) is 24.9. The van der Waals surface area contributed by atoms with Gasteiger partial charge < -0.3 is 15.7 Å². The Morgan fingerprint density at radius 2 is 2.11 bits per heavy atom. The van der Waals surface area contributed by atoms with Crippen LogP contribution in [0.1, 0.15) is 27.7 Å². The van der Waals surface area contributed by atoms with Crippen molar-refractivity contribution in [2.45, 2.75) is 44.4 Å². The van der Waals surface area contributed by atoms with Crippen molar-refractivity contribution in [2.24, 2.45) is 16.6 Å². The predicted molar refractivity (Wildman–Crippen MR) is 70.1 cm³/mol. The Kier molecular flexibility index (Phi) is 2.94. The number of thioether (sulfide) groups is 1. The molecule has 1 amide bonds. The molecule has 0 bridgehead atoms. The van der Waals surface area contributed by atoms with E-state index in [0.29, 0.717) is 0 Å². The number of carboxylic acid groups (broad SMARTS) is 1. The molecule has 2 aliphatic rings. The largest absolute Gasteiger partial charge is 0.481 e. The Hall–Kier alpha value is -0.750. The molecule has 3 unspecified atom stereocenters. The number of amides is 1. The third kappa shape index (κ3) is 1.73. The molecule has 0 aliphatic carbocycles. The molecule has 0 aromatic heterocycles. The van der Waals surface area contributed by atoms with Crippen LogP contribution in [0.4, 0.5) is 0 Å². The molecular formula is C12H20N2O3S. The average molecular weight is 272 g/mol. The van der Waals surface area contributed by atoms with Crippen LogP contribution >= 0.6 is 11.8 Å². The van der Waals surface area contributed by atoms with E-state index in [-0.39, 0.29) is 28.5 Å². The number of hydrogen-bond donors (Lipinski definition) is 2. The van der Waals surface area contributed by atoms with E-state index in [0.717, 1.165) is 0 Å². The van der Waals surface area contributed by atoms with Gasteiger partial charge in [-0.1, -0.05) is 20.8 Å². The fourth-order valence-electron chi connectivity index (χ4n) is 2.94. The molecule has 2 rings (SSSR count). The molecule has 0 aromatic carbocycles. The fourth-order valence-corrected chi connectivity index (χ4v) is 4.72. The topological polar surface area (TPSA) is 83.6 Å². The minimum atomic E-state index is -0.921. The van der Waals surface area contributed by atoms with Crippen LogP contribution in [0.2, 0.25) is 0 Å². The van der Waals surface area contributed by atoms with Crippen molar-refractivity contribution in [3.63, 3.8) is 0 Å². The molecular weight excluding hydrogens is 252 g/mol. The van der Waals surface area contributed by atoms with E-state index >= 15 is 0 Å². The van der Waals surface area contributed by atoms with Crippen LogP contribution in [-0.4, -0.2) is 45.1 Å². The van der Waals surface area contributed by atoms with Gasteiger partial charge in [-0.15, -0.1) is 11.8 Å². The monoisotopic (exact) mass is 272 g/mol. The van der Waals surface area contributed by atoms with Crippen molar-refractivity contribution >= 4 is 23.6 Å². The lowest BCUT2D eigenvalue weighted by Crippen LogP contribution is -2.74. The molecule has 0 spiro atoms. The van der Waals surface area contributed by atoms with E-state index in [2.05, 4.69) is 0 Å². The number of carboxylic acids is 1. The molecule has 0 radical (unpaired) electrons. The van der Waals surface area contributed by atoms with Gasteiger partial charge in [-0.05, 0) is 12.3 Å². The molecule has 0 saturated carbocycles. The van der Waals surface area contributed by atoms with Gasteiger partial charge in [0.2, 0.25) is 5.91 Å². The van der Waals surface area contributed by atoms with E-state index in [1.807, 2.05) is 20.8 Å². The van der Waals surface area contributed by atoms with Gasteiger partial charge in [0.25, 0.3) is 0 Å². The number of β-lactam (4-membered cyclic amide) rings is 1. The highest BCUT2D eigenvalue weighted by Gasteiger charge is 2.60. The quantitative estimate of drug-likeness (QED) is 0.688. The van der Waals surface area contributed by atoms with Gasteiger partial charge in [0, 0.05) is 11.8 Å². The van der Waals surface area contributed by atoms with E-state index in [1.165, 1.54) is 11.8 Å². The summed E-state index contributed by atoms with van der Waals surface area (Å²) in [5, 5.41) is 9.40. The van der Waals surface area contributed by atoms with Crippen molar-refractivity contribution < 1.29 is 14.7 Å². The maximum Gasteiger partial charge on any atom is 0.312 e. The van der Waals surface area contributed by atoms with Crippen molar-refractivity contribution in [3.8, 4) is 0 Å². The minimum absolute atomic E-state index is 0.0610. The van der Waals surface area contributed by atoms with Crippen molar-refractivity contribution in [1.29, 1.82) is 0 Å². The molecule has 4 atom stereocenters. The number of carbonyl (C=O) groups excluding carboxylic acids is 1. The second kappa shape index (κ2) is 3.87. The number of hydrogen-bond acceptors (Lipinski definition) is 4. The Morgan fingerprint density at radius 1 is 1.56 bits per heavy atom. The van der Waals surface area contributed by atoms with E-state index in [9.17, 15) is 14.7 Å². The zero-order chi connectivity index (χ0) is 13.9. The minimum Gasteiger partial charge on any atom is -0.481 e. The SMILES string of the molecule is CC(C)(C)C1S[C@@H]2C(N)C(=O)N2CC1(C)C(=O)O. The van der Waals surface area contributed by atoms with Crippen LogP contribution in [0.5, 0.6) is 0 Å². The third-order valence-corrected chi connectivity index (χ3v) is 6.14. The first kappa shape index (κ1) is 13.7. The first-order chi connectivity index (χ1) is 8.09.